The van der Waals surface area contributed by atoms with Gasteiger partial charge >= 0.3 is 11.9 Å². The van der Waals surface area contributed by atoms with E-state index in [-0.39, 0.29) is 18.3 Å². The highest BCUT2D eigenvalue weighted by molar-refractivity contribution is 5.90. The molecule has 0 N–H and O–H groups in total. The number of carbonyl (C=O) groups is 2. The standard InChI is InChI=1S/C13H22O4/c1-7-16-11(14)10(8-9(2)3)17-12(15)13(4,5)6/h8-9H,7H2,1-6H3/b10-8+. The average Bonchev–Trinajstić information content (AvgIpc) is 2.14. The Hall–Kier alpha value is -1.32. The van der Waals surface area contributed by atoms with Gasteiger partial charge in [0.15, 0.2) is 0 Å². The third-order valence-electron chi connectivity index (χ3n) is 1.78. The zero-order chi connectivity index (χ0) is 13.6. The van der Waals surface area contributed by atoms with Crippen LogP contribution in [0.15, 0.2) is 11.8 Å². The quantitative estimate of drug-likeness (QED) is 0.432. The van der Waals surface area contributed by atoms with Gasteiger partial charge in [-0.15, -0.1) is 0 Å². The molecule has 0 aliphatic carbocycles. The molecule has 0 fully saturated rings. The largest absolute Gasteiger partial charge is 0.460 e. The van der Waals surface area contributed by atoms with E-state index in [1.54, 1.807) is 33.8 Å². The minimum absolute atomic E-state index is 0.0261. The van der Waals surface area contributed by atoms with Gasteiger partial charge in [0.05, 0.1) is 12.0 Å². The lowest BCUT2D eigenvalue weighted by atomic mass is 9.97. The summed E-state index contributed by atoms with van der Waals surface area (Å²) in [5, 5.41) is 0. The van der Waals surface area contributed by atoms with Crippen LogP contribution < -0.4 is 0 Å². The van der Waals surface area contributed by atoms with Gasteiger partial charge in [0.2, 0.25) is 5.76 Å². The van der Waals surface area contributed by atoms with Crippen molar-refractivity contribution in [1.29, 1.82) is 0 Å². The van der Waals surface area contributed by atoms with Crippen molar-refractivity contribution >= 4 is 11.9 Å². The smallest absolute Gasteiger partial charge is 0.374 e. The average molecular weight is 242 g/mol. The fourth-order valence-corrected chi connectivity index (χ4v) is 0.902. The van der Waals surface area contributed by atoms with Gasteiger partial charge < -0.3 is 9.47 Å². The van der Waals surface area contributed by atoms with Gasteiger partial charge in [-0.1, -0.05) is 13.8 Å². The maximum absolute atomic E-state index is 11.7. The van der Waals surface area contributed by atoms with Crippen LogP contribution in [0, 0.1) is 11.3 Å². The van der Waals surface area contributed by atoms with E-state index in [1.807, 2.05) is 13.8 Å². The van der Waals surface area contributed by atoms with Gasteiger partial charge in [-0.2, -0.15) is 0 Å². The van der Waals surface area contributed by atoms with Gasteiger partial charge in [-0.3, -0.25) is 4.79 Å². The normalized spacial score (nSPS) is 12.5. The Balaban J connectivity index is 4.86. The summed E-state index contributed by atoms with van der Waals surface area (Å²) >= 11 is 0. The second-order valence-corrected chi connectivity index (χ2v) is 5.13. The highest BCUT2D eigenvalue weighted by Gasteiger charge is 2.27. The molecule has 0 atom stereocenters. The minimum atomic E-state index is -0.650. The molecule has 0 unspecified atom stereocenters. The van der Waals surface area contributed by atoms with Crippen LogP contribution in [0.3, 0.4) is 0 Å². The molecule has 0 aromatic carbocycles. The molecule has 0 saturated heterocycles. The fourth-order valence-electron chi connectivity index (χ4n) is 0.902. The van der Waals surface area contributed by atoms with E-state index in [0.29, 0.717) is 0 Å². The second-order valence-electron chi connectivity index (χ2n) is 5.13. The Bertz CT molecular complexity index is 308. The maximum atomic E-state index is 11.7. The van der Waals surface area contributed by atoms with Crippen molar-refractivity contribution in [1.82, 2.24) is 0 Å². The summed E-state index contributed by atoms with van der Waals surface area (Å²) < 4.78 is 9.92. The van der Waals surface area contributed by atoms with Crippen molar-refractivity contribution < 1.29 is 19.1 Å². The lowest BCUT2D eigenvalue weighted by Gasteiger charge is -2.17. The van der Waals surface area contributed by atoms with Crippen LogP contribution in [-0.2, 0) is 19.1 Å². The molecule has 4 nitrogen and oxygen atoms in total. The molecule has 0 heterocycles. The van der Waals surface area contributed by atoms with E-state index >= 15 is 0 Å². The lowest BCUT2D eigenvalue weighted by molar-refractivity contribution is -0.156. The molecular weight excluding hydrogens is 220 g/mol. The first-order valence-corrected chi connectivity index (χ1v) is 5.79. The van der Waals surface area contributed by atoms with E-state index in [0.717, 1.165) is 0 Å². The molecule has 0 radical (unpaired) electrons. The number of esters is 2. The summed E-state index contributed by atoms with van der Waals surface area (Å²) in [5.41, 5.74) is -0.650. The predicted octanol–water partition coefficient (Wildman–Crippen LogP) is 2.68. The van der Waals surface area contributed by atoms with Crippen LogP contribution >= 0.6 is 0 Å². The van der Waals surface area contributed by atoms with Crippen LogP contribution in [0.4, 0.5) is 0 Å². The summed E-state index contributed by atoms with van der Waals surface area (Å²) in [6, 6.07) is 0. The SMILES string of the molecule is CCOC(=O)/C(=C\C(C)C)OC(=O)C(C)(C)C. The number of ether oxygens (including phenoxy) is 2. The Morgan fingerprint density at radius 3 is 2.12 bits per heavy atom. The highest BCUT2D eigenvalue weighted by atomic mass is 16.6. The molecule has 0 aromatic heterocycles. The van der Waals surface area contributed by atoms with E-state index in [1.165, 1.54) is 0 Å². The first kappa shape index (κ1) is 15.7. The highest BCUT2D eigenvalue weighted by Crippen LogP contribution is 2.18. The van der Waals surface area contributed by atoms with Crippen LogP contribution in [0.5, 0.6) is 0 Å². The molecule has 0 amide bonds. The van der Waals surface area contributed by atoms with Crippen LogP contribution in [0.2, 0.25) is 0 Å². The molecule has 98 valence electrons. The Kier molecular flexibility index (Phi) is 5.93. The lowest BCUT2D eigenvalue weighted by Crippen LogP contribution is -2.25. The Morgan fingerprint density at radius 1 is 1.24 bits per heavy atom. The number of hydrogen-bond acceptors (Lipinski definition) is 4. The van der Waals surface area contributed by atoms with Gasteiger partial charge in [-0.05, 0) is 39.7 Å². The van der Waals surface area contributed by atoms with Gasteiger partial charge in [-0.25, -0.2) is 4.79 Å². The van der Waals surface area contributed by atoms with E-state index in [4.69, 9.17) is 9.47 Å². The summed E-state index contributed by atoms with van der Waals surface area (Å²) in [5.74, 6) is -0.972. The van der Waals surface area contributed by atoms with Crippen molar-refractivity contribution in [3.63, 3.8) is 0 Å². The molecule has 0 saturated carbocycles. The Morgan fingerprint density at radius 2 is 1.76 bits per heavy atom. The number of allylic oxidation sites excluding steroid dienone is 1. The molecule has 0 aliphatic rings. The first-order chi connectivity index (χ1) is 7.68. The number of carbonyl (C=O) groups excluding carboxylic acids is 2. The molecule has 0 rings (SSSR count). The van der Waals surface area contributed by atoms with Crippen molar-refractivity contribution in [3.05, 3.63) is 11.8 Å². The summed E-state index contributed by atoms with van der Waals surface area (Å²) in [7, 11) is 0. The van der Waals surface area contributed by atoms with Crippen molar-refractivity contribution in [2.75, 3.05) is 6.61 Å². The molecule has 0 aromatic rings. The minimum Gasteiger partial charge on any atom is -0.460 e. The van der Waals surface area contributed by atoms with Crippen LogP contribution in [-0.4, -0.2) is 18.5 Å². The van der Waals surface area contributed by atoms with Crippen molar-refractivity contribution in [2.24, 2.45) is 11.3 Å². The molecule has 4 heteroatoms. The van der Waals surface area contributed by atoms with E-state index < -0.39 is 17.4 Å². The van der Waals surface area contributed by atoms with Gasteiger partial charge in [0, 0.05) is 0 Å². The second kappa shape index (κ2) is 6.42. The summed E-state index contributed by atoms with van der Waals surface area (Å²) in [6.45, 7) is 10.9. The van der Waals surface area contributed by atoms with Crippen molar-refractivity contribution in [2.45, 2.75) is 41.5 Å². The summed E-state index contributed by atoms with van der Waals surface area (Å²) in [6.07, 6.45) is 1.58. The molecule has 0 bridgehead atoms. The first-order valence-electron chi connectivity index (χ1n) is 5.79. The third-order valence-corrected chi connectivity index (χ3v) is 1.78. The predicted molar refractivity (Wildman–Crippen MR) is 65.1 cm³/mol. The molecule has 0 aliphatic heterocycles. The number of rotatable bonds is 4. The van der Waals surface area contributed by atoms with Gasteiger partial charge in [0.1, 0.15) is 0 Å². The van der Waals surface area contributed by atoms with Gasteiger partial charge in [0.25, 0.3) is 0 Å². The topological polar surface area (TPSA) is 52.6 Å². The molecular formula is C13H22O4. The third kappa shape index (κ3) is 6.09. The zero-order valence-corrected chi connectivity index (χ0v) is 11.5. The summed E-state index contributed by atoms with van der Waals surface area (Å²) in [4.78, 5) is 23.3. The molecule has 17 heavy (non-hydrogen) atoms. The van der Waals surface area contributed by atoms with E-state index in [2.05, 4.69) is 0 Å². The molecule has 0 spiro atoms. The number of hydrogen-bond donors (Lipinski definition) is 0. The monoisotopic (exact) mass is 242 g/mol. The Labute approximate surface area is 103 Å². The zero-order valence-electron chi connectivity index (χ0n) is 11.5. The fraction of sp³-hybridized carbons (Fsp3) is 0.692. The van der Waals surface area contributed by atoms with Crippen molar-refractivity contribution in [3.8, 4) is 0 Å². The van der Waals surface area contributed by atoms with Crippen LogP contribution in [0.25, 0.3) is 0 Å². The van der Waals surface area contributed by atoms with E-state index in [9.17, 15) is 9.59 Å². The van der Waals surface area contributed by atoms with Crippen LogP contribution in [0.1, 0.15) is 41.5 Å². The maximum Gasteiger partial charge on any atom is 0.374 e.